The second-order valence-electron chi connectivity index (χ2n) is 9.23. The van der Waals surface area contributed by atoms with Crippen molar-refractivity contribution in [1.29, 1.82) is 0 Å². The molecule has 0 radical (unpaired) electrons. The predicted octanol–water partition coefficient (Wildman–Crippen LogP) is 4.71. The third-order valence-electron chi connectivity index (χ3n) is 6.77. The zero-order valence-electron chi connectivity index (χ0n) is 20.1. The molecule has 1 heterocycles. The molecule has 4 aromatic rings. The minimum Gasteiger partial charge on any atom is -0.351 e. The largest absolute Gasteiger partial charge is 0.351 e. The number of anilines is 1. The second-order valence-corrected chi connectivity index (χ2v) is 9.23. The van der Waals surface area contributed by atoms with Crippen LogP contribution in [0.2, 0.25) is 0 Å². The molecule has 1 aromatic heterocycles. The maximum Gasteiger partial charge on any atom is 0.249 e. The molecule has 3 aromatic carbocycles. The summed E-state index contributed by atoms with van der Waals surface area (Å²) < 4.78 is 15.4. The minimum atomic E-state index is -0.931. The summed E-state index contributed by atoms with van der Waals surface area (Å²) in [6.07, 6.45) is 3.98. The fraction of sp³-hybridized carbons (Fsp3) is 0.286. The number of carbonyl (C=O) groups excluding carboxylic acids is 2. The number of hydrogen-bond acceptors (Lipinski definition) is 4. The van der Waals surface area contributed by atoms with Gasteiger partial charge in [0.1, 0.15) is 23.9 Å². The summed E-state index contributed by atoms with van der Waals surface area (Å²) >= 11 is 0. The van der Waals surface area contributed by atoms with Crippen LogP contribution in [0.1, 0.15) is 42.9 Å². The Kier molecular flexibility index (Phi) is 6.75. The number of rotatable bonds is 7. The van der Waals surface area contributed by atoms with E-state index in [0.29, 0.717) is 22.3 Å². The summed E-state index contributed by atoms with van der Waals surface area (Å²) in [6.45, 7) is 1.79. The molecule has 184 valence electrons. The van der Waals surface area contributed by atoms with Crippen molar-refractivity contribution in [1.82, 2.24) is 20.3 Å². The van der Waals surface area contributed by atoms with Gasteiger partial charge in [-0.15, -0.1) is 5.10 Å². The average Bonchev–Trinajstić information content (AvgIpc) is 3.54. The molecule has 1 saturated carbocycles. The summed E-state index contributed by atoms with van der Waals surface area (Å²) in [4.78, 5) is 29.3. The van der Waals surface area contributed by atoms with Gasteiger partial charge in [0.25, 0.3) is 0 Å². The topological polar surface area (TPSA) is 80.1 Å². The summed E-state index contributed by atoms with van der Waals surface area (Å²) in [6, 6.07) is 19.7. The lowest BCUT2D eigenvalue weighted by molar-refractivity contribution is -0.127. The molecule has 1 atom stereocenters. The van der Waals surface area contributed by atoms with Crippen molar-refractivity contribution in [2.75, 3.05) is 4.90 Å². The normalized spacial score (nSPS) is 14.6. The molecule has 8 heteroatoms. The number of fused-ring (bicyclic) bond motifs is 1. The first-order valence-corrected chi connectivity index (χ1v) is 12.2. The molecule has 36 heavy (non-hydrogen) atoms. The van der Waals surface area contributed by atoms with Crippen molar-refractivity contribution >= 4 is 28.5 Å². The predicted molar refractivity (Wildman–Crippen MR) is 136 cm³/mol. The number of hydrogen-bond donors (Lipinski definition) is 1. The second kappa shape index (κ2) is 10.3. The molecule has 1 aliphatic rings. The van der Waals surface area contributed by atoms with E-state index in [4.69, 9.17) is 0 Å². The van der Waals surface area contributed by atoms with Gasteiger partial charge in [0.15, 0.2) is 0 Å². The molecule has 0 unspecified atom stereocenters. The highest BCUT2D eigenvalue weighted by atomic mass is 19.1. The molecular weight excluding hydrogens is 457 g/mol. The Bertz CT molecular complexity index is 1380. The number of amides is 2. The van der Waals surface area contributed by atoms with Crippen LogP contribution in [-0.4, -0.2) is 32.9 Å². The quantitative estimate of drug-likeness (QED) is 0.411. The average molecular weight is 486 g/mol. The Hall–Kier alpha value is -4.07. The summed E-state index contributed by atoms with van der Waals surface area (Å²) in [5.41, 5.74) is 3.42. The van der Waals surface area contributed by atoms with E-state index in [1.54, 1.807) is 0 Å². The fourth-order valence-corrected chi connectivity index (χ4v) is 4.92. The van der Waals surface area contributed by atoms with E-state index in [1.807, 2.05) is 55.5 Å². The maximum atomic E-state index is 14.0. The SMILES string of the molecule is Cc1ccccc1[C@H](C(=O)NC1CCCC1)N(C(=O)Cn1nnc2ccccc21)c1ccc(F)cc1. The first-order valence-electron chi connectivity index (χ1n) is 12.2. The third-order valence-corrected chi connectivity index (χ3v) is 6.77. The molecule has 0 spiro atoms. The Morgan fingerprint density at radius 3 is 2.47 bits per heavy atom. The van der Waals surface area contributed by atoms with Gasteiger partial charge in [-0.1, -0.05) is 54.5 Å². The maximum absolute atomic E-state index is 14.0. The number of halogens is 1. The Labute approximate surface area is 208 Å². The van der Waals surface area contributed by atoms with Gasteiger partial charge in [-0.3, -0.25) is 14.5 Å². The van der Waals surface area contributed by atoms with E-state index in [-0.39, 0.29) is 24.4 Å². The van der Waals surface area contributed by atoms with Gasteiger partial charge in [0.2, 0.25) is 11.8 Å². The van der Waals surface area contributed by atoms with Crippen molar-refractivity contribution in [2.24, 2.45) is 0 Å². The highest BCUT2D eigenvalue weighted by Crippen LogP contribution is 2.31. The zero-order valence-corrected chi connectivity index (χ0v) is 20.1. The fourth-order valence-electron chi connectivity index (χ4n) is 4.92. The molecule has 0 saturated heterocycles. The molecular formula is C28H28FN5O2. The van der Waals surface area contributed by atoms with Gasteiger partial charge in [0.05, 0.1) is 5.52 Å². The van der Waals surface area contributed by atoms with Gasteiger partial charge in [-0.25, -0.2) is 9.07 Å². The molecule has 0 aliphatic heterocycles. The van der Waals surface area contributed by atoms with Crippen LogP contribution in [0.5, 0.6) is 0 Å². The lowest BCUT2D eigenvalue weighted by atomic mass is 9.97. The lowest BCUT2D eigenvalue weighted by Gasteiger charge is -2.33. The van der Waals surface area contributed by atoms with E-state index in [0.717, 1.165) is 31.2 Å². The van der Waals surface area contributed by atoms with Crippen molar-refractivity contribution < 1.29 is 14.0 Å². The van der Waals surface area contributed by atoms with Gasteiger partial charge in [0, 0.05) is 11.7 Å². The van der Waals surface area contributed by atoms with Crippen molar-refractivity contribution in [3.8, 4) is 0 Å². The highest BCUT2D eigenvalue weighted by Gasteiger charge is 2.35. The molecule has 1 fully saturated rings. The molecule has 1 N–H and O–H groups in total. The Morgan fingerprint density at radius 1 is 1.03 bits per heavy atom. The number of benzene rings is 3. The lowest BCUT2D eigenvalue weighted by Crippen LogP contribution is -2.47. The number of nitrogens with zero attached hydrogens (tertiary/aromatic N) is 4. The standard InChI is InChI=1S/C28H28FN5O2/c1-19-8-2-5-11-23(19)27(28(36)30-21-9-3-4-10-21)34(22-16-14-20(29)15-17-22)26(35)18-33-25-13-7-6-12-24(25)31-32-33/h2,5-8,11-17,21,27H,3-4,9-10,18H2,1H3,(H,30,36)/t27-/m1/s1. The Balaban J connectivity index is 1.58. The van der Waals surface area contributed by atoms with Crippen LogP contribution in [0, 0.1) is 12.7 Å². The van der Waals surface area contributed by atoms with Crippen LogP contribution < -0.4 is 10.2 Å². The van der Waals surface area contributed by atoms with Crippen LogP contribution in [-0.2, 0) is 16.1 Å². The Morgan fingerprint density at radius 2 is 1.72 bits per heavy atom. The molecule has 5 rings (SSSR count). The number of para-hydroxylation sites is 1. The number of nitrogens with one attached hydrogen (secondary N) is 1. The smallest absolute Gasteiger partial charge is 0.249 e. The minimum absolute atomic E-state index is 0.0773. The van der Waals surface area contributed by atoms with Gasteiger partial charge >= 0.3 is 0 Å². The van der Waals surface area contributed by atoms with Gasteiger partial charge < -0.3 is 5.32 Å². The summed E-state index contributed by atoms with van der Waals surface area (Å²) in [7, 11) is 0. The van der Waals surface area contributed by atoms with Gasteiger partial charge in [-0.2, -0.15) is 0 Å². The molecule has 1 aliphatic carbocycles. The molecule has 2 amide bonds. The summed E-state index contributed by atoms with van der Waals surface area (Å²) in [5.74, 6) is -1.03. The molecule has 0 bridgehead atoms. The van der Waals surface area contributed by atoms with E-state index < -0.39 is 11.9 Å². The highest BCUT2D eigenvalue weighted by molar-refractivity contribution is 6.01. The summed E-state index contributed by atoms with van der Waals surface area (Å²) in [5, 5.41) is 11.5. The van der Waals surface area contributed by atoms with Crippen molar-refractivity contribution in [2.45, 2.75) is 51.2 Å². The van der Waals surface area contributed by atoms with E-state index in [2.05, 4.69) is 15.6 Å². The number of aromatic nitrogens is 3. The van der Waals surface area contributed by atoms with Crippen molar-refractivity contribution in [3.05, 3.63) is 89.7 Å². The van der Waals surface area contributed by atoms with E-state index >= 15 is 0 Å². The monoisotopic (exact) mass is 485 g/mol. The van der Waals surface area contributed by atoms with Crippen LogP contribution >= 0.6 is 0 Å². The van der Waals surface area contributed by atoms with Crippen LogP contribution in [0.25, 0.3) is 11.0 Å². The van der Waals surface area contributed by atoms with Crippen LogP contribution in [0.15, 0.2) is 72.8 Å². The first-order chi connectivity index (χ1) is 17.5. The molecule has 7 nitrogen and oxygen atoms in total. The first kappa shape index (κ1) is 23.7. The van der Waals surface area contributed by atoms with Crippen LogP contribution in [0.3, 0.4) is 0 Å². The number of carbonyl (C=O) groups is 2. The third kappa shape index (κ3) is 4.84. The van der Waals surface area contributed by atoms with E-state index in [9.17, 15) is 14.0 Å². The number of aryl methyl sites for hydroxylation is 1. The van der Waals surface area contributed by atoms with Crippen LogP contribution in [0.4, 0.5) is 10.1 Å². The van der Waals surface area contributed by atoms with Crippen molar-refractivity contribution in [3.63, 3.8) is 0 Å². The van der Waals surface area contributed by atoms with E-state index in [1.165, 1.54) is 33.8 Å². The zero-order chi connectivity index (χ0) is 25.1. The van der Waals surface area contributed by atoms with Gasteiger partial charge in [-0.05, 0) is 67.3 Å².